The van der Waals surface area contributed by atoms with Gasteiger partial charge in [0.2, 0.25) is 0 Å². The Bertz CT molecular complexity index is 882. The zero-order chi connectivity index (χ0) is 27.5. The Hall–Kier alpha value is -0.594. The molecule has 0 amide bonds. The number of hydrogen-bond donors (Lipinski definition) is 2. The molecule has 3 nitrogen and oxygen atoms in total. The molecule has 2 unspecified atom stereocenters. The fourth-order valence-corrected chi connectivity index (χ4v) is 6.69. The van der Waals surface area contributed by atoms with E-state index in [1.807, 2.05) is 0 Å². The molecule has 0 heterocycles. The monoisotopic (exact) mass is 579 g/mol. The van der Waals surface area contributed by atoms with Crippen LogP contribution in [0.25, 0.3) is 0 Å². The average molecular weight is 581 g/mol. The molecule has 0 bridgehead atoms. The van der Waals surface area contributed by atoms with Gasteiger partial charge in [-0.25, -0.2) is 0 Å². The number of hydrogen-bond acceptors (Lipinski definition) is 3. The van der Waals surface area contributed by atoms with E-state index in [2.05, 4.69) is 97.5 Å². The van der Waals surface area contributed by atoms with E-state index in [0.717, 1.165) is 0 Å². The summed E-state index contributed by atoms with van der Waals surface area (Å²) in [5.41, 5.74) is 24.2. The quantitative estimate of drug-likeness (QED) is 0.280. The van der Waals surface area contributed by atoms with Gasteiger partial charge in [-0.1, -0.05) is 0 Å². The molecule has 2 aromatic carbocycles. The molecule has 2 atom stereocenters. The molecule has 0 fully saturated rings. The van der Waals surface area contributed by atoms with Crippen molar-refractivity contribution in [2.24, 2.45) is 11.5 Å². The molecule has 0 spiro atoms. The molecule has 0 aliphatic carbocycles. The minimum atomic E-state index is -1.38. The van der Waals surface area contributed by atoms with Crippen molar-refractivity contribution in [2.45, 2.75) is 105 Å². The number of nitrogens with two attached hydrogens (primary N) is 2. The summed E-state index contributed by atoms with van der Waals surface area (Å²) in [5, 5.41) is 0. The van der Waals surface area contributed by atoms with Crippen LogP contribution < -0.4 is 11.5 Å². The minimum absolute atomic E-state index is 0.207. The van der Waals surface area contributed by atoms with E-state index in [4.69, 9.17) is 31.8 Å². The number of rotatable bonds is 11. The summed E-state index contributed by atoms with van der Waals surface area (Å²) < 4.78 is 2.09. The van der Waals surface area contributed by atoms with Crippen molar-refractivity contribution < 1.29 is 12.1 Å². The van der Waals surface area contributed by atoms with Crippen molar-refractivity contribution in [3.05, 3.63) is 68.8 Å². The molecule has 2 aromatic rings. The van der Waals surface area contributed by atoms with Gasteiger partial charge in [-0.2, -0.15) is 0 Å². The van der Waals surface area contributed by atoms with Crippen LogP contribution in [0.5, 0.6) is 0 Å². The molecule has 36 heavy (non-hydrogen) atoms. The van der Waals surface area contributed by atoms with Gasteiger partial charge in [0.15, 0.2) is 0 Å². The van der Waals surface area contributed by atoms with Crippen molar-refractivity contribution in [3.63, 3.8) is 0 Å². The van der Waals surface area contributed by atoms with Gasteiger partial charge in [0, 0.05) is 0 Å². The second kappa shape index (κ2) is 13.5. The van der Waals surface area contributed by atoms with Crippen LogP contribution in [-0.2, 0) is 12.1 Å². The van der Waals surface area contributed by atoms with Gasteiger partial charge in [0.1, 0.15) is 0 Å². The fourth-order valence-electron chi connectivity index (χ4n) is 5.23. The van der Waals surface area contributed by atoms with E-state index >= 15 is 0 Å². The van der Waals surface area contributed by atoms with Crippen LogP contribution in [0.1, 0.15) is 136 Å². The molecular weight excluding hydrogens is 532 g/mol. The van der Waals surface area contributed by atoms with Gasteiger partial charge in [0.05, 0.1) is 0 Å². The summed E-state index contributed by atoms with van der Waals surface area (Å²) in [6.45, 7) is 23.3. The first-order valence-electron chi connectivity index (χ1n) is 13.2. The number of halogens is 2. The van der Waals surface area contributed by atoms with Gasteiger partial charge >= 0.3 is 235 Å². The zero-order valence-electron chi connectivity index (χ0n) is 23.9. The standard InChI is InChI=1S/C30H48N3.2ClH.Co/c1-17(2)23-11-21(9)12-24(18(3)4)29(23)27(31)15-33-16-28(32)30-25(19(5)6)13-22(10)14-26(30)20(7)8;;;/h11-14,17-20,27-28H,15-16,31-32H2,1-10H3;2*1H;/q-1;;;+3/p-2. The first-order chi connectivity index (χ1) is 16.6. The summed E-state index contributed by atoms with van der Waals surface area (Å²) in [6.07, 6.45) is 0. The van der Waals surface area contributed by atoms with Crippen LogP contribution in [0.3, 0.4) is 0 Å². The maximum absolute atomic E-state index is 6.96. The normalized spacial score (nSPS) is 14.5. The summed E-state index contributed by atoms with van der Waals surface area (Å²) in [4.78, 5) is 0. The Balaban J connectivity index is 2.47. The molecule has 0 aliphatic rings. The molecule has 4 N–H and O–H groups in total. The van der Waals surface area contributed by atoms with E-state index in [1.54, 1.807) is 0 Å². The zero-order valence-corrected chi connectivity index (χ0v) is 26.4. The molecule has 206 valence electrons. The fraction of sp³-hybridized carbons (Fsp3) is 0.600. The van der Waals surface area contributed by atoms with Crippen LogP contribution in [-0.4, -0.2) is 17.0 Å². The van der Waals surface area contributed by atoms with Gasteiger partial charge in [-0.05, 0) is 0 Å². The van der Waals surface area contributed by atoms with Gasteiger partial charge in [-0.3, -0.25) is 0 Å². The number of nitrogens with zero attached hydrogens (tertiary/aromatic N) is 1. The van der Waals surface area contributed by atoms with Crippen LogP contribution in [0.15, 0.2) is 24.3 Å². The number of aryl methyl sites for hydroxylation is 2. The van der Waals surface area contributed by atoms with E-state index < -0.39 is 12.1 Å². The Kier molecular flexibility index (Phi) is 11.8. The molecule has 0 aliphatic heterocycles. The second-order valence-electron chi connectivity index (χ2n) is 11.5. The summed E-state index contributed by atoms with van der Waals surface area (Å²) in [5.74, 6) is 1.51. The molecule has 0 saturated heterocycles. The van der Waals surface area contributed by atoms with Gasteiger partial charge in [-0.15, -0.1) is 0 Å². The summed E-state index contributed by atoms with van der Waals surface area (Å²) >= 11 is -1.38. The van der Waals surface area contributed by atoms with Crippen LogP contribution in [0.4, 0.5) is 0 Å². The molecule has 0 aromatic heterocycles. The van der Waals surface area contributed by atoms with Crippen LogP contribution in [0.2, 0.25) is 0 Å². The molecule has 0 radical (unpaired) electrons. The van der Waals surface area contributed by atoms with Crippen molar-refractivity contribution in [3.8, 4) is 0 Å². The van der Waals surface area contributed by atoms with Crippen molar-refractivity contribution in [2.75, 3.05) is 13.1 Å². The molecule has 0 saturated carbocycles. The Labute approximate surface area is 233 Å². The summed E-state index contributed by atoms with van der Waals surface area (Å²) in [6, 6.07) is 8.71. The van der Waals surface area contributed by atoms with Crippen molar-refractivity contribution >= 4 is 20.3 Å². The second-order valence-corrected chi connectivity index (χ2v) is 15.2. The van der Waals surface area contributed by atoms with Gasteiger partial charge in [0.25, 0.3) is 0 Å². The van der Waals surface area contributed by atoms with E-state index in [-0.39, 0.29) is 12.1 Å². The molecule has 6 heteroatoms. The maximum atomic E-state index is 6.96. The summed E-state index contributed by atoms with van der Waals surface area (Å²) in [7, 11) is 13.2. The van der Waals surface area contributed by atoms with Gasteiger partial charge < -0.3 is 0 Å². The first kappa shape index (κ1) is 31.6. The molecular formula is C30H48Cl2CoN3. The Morgan fingerprint density at radius 3 is 1.06 bits per heavy atom. The molecule has 2 rings (SSSR count). The van der Waals surface area contributed by atoms with Crippen molar-refractivity contribution in [1.29, 1.82) is 0 Å². The topological polar surface area (TPSA) is 55.3 Å². The number of benzene rings is 2. The van der Waals surface area contributed by atoms with Crippen LogP contribution >= 0.6 is 20.3 Å². The first-order valence-corrected chi connectivity index (χ1v) is 16.5. The van der Waals surface area contributed by atoms with Crippen molar-refractivity contribution in [1.82, 2.24) is 3.95 Å². The van der Waals surface area contributed by atoms with Crippen LogP contribution in [0, 0.1) is 13.8 Å². The third-order valence-corrected chi connectivity index (χ3v) is 9.13. The predicted octanol–water partition coefficient (Wildman–Crippen LogP) is 8.64. The van der Waals surface area contributed by atoms with E-state index in [0.29, 0.717) is 36.8 Å². The Morgan fingerprint density at radius 2 is 0.861 bits per heavy atom. The average Bonchev–Trinajstić information content (AvgIpc) is 2.76. The third kappa shape index (κ3) is 7.72. The predicted molar refractivity (Wildman–Crippen MR) is 156 cm³/mol. The van der Waals surface area contributed by atoms with E-state index in [9.17, 15) is 0 Å². The Morgan fingerprint density at radius 1 is 0.611 bits per heavy atom. The SMILES string of the molecule is Cc1cc(C(C)C)c(C(N)C[N](CC(N)c2c(C(C)C)cc(C)cc2C(C)C)[Co]([Cl])[Cl])c(C(C)C)c1. The third-order valence-electron chi connectivity index (χ3n) is 6.94. The van der Waals surface area contributed by atoms with E-state index in [1.165, 1.54) is 44.5 Å².